The molecular formula is C15H22N2O3S. The minimum absolute atomic E-state index is 0.118. The number of aliphatic carboxylic acids is 1. The summed E-state index contributed by atoms with van der Waals surface area (Å²) >= 11 is 1.55. The fourth-order valence-corrected chi connectivity index (χ4v) is 3.56. The van der Waals surface area contributed by atoms with Crippen LogP contribution in [0.3, 0.4) is 0 Å². The smallest absolute Gasteiger partial charge is 0.303 e. The van der Waals surface area contributed by atoms with Crippen molar-refractivity contribution in [3.63, 3.8) is 0 Å². The van der Waals surface area contributed by atoms with Gasteiger partial charge in [0.05, 0.1) is 12.1 Å². The van der Waals surface area contributed by atoms with Crippen LogP contribution in [0.5, 0.6) is 0 Å². The second-order valence-corrected chi connectivity index (χ2v) is 6.49. The van der Waals surface area contributed by atoms with Gasteiger partial charge in [-0.2, -0.15) is 0 Å². The lowest BCUT2D eigenvalue weighted by Gasteiger charge is -2.32. The minimum atomic E-state index is -0.756. The van der Waals surface area contributed by atoms with Crippen molar-refractivity contribution < 1.29 is 14.7 Å². The molecule has 1 atom stereocenters. The Hall–Kier alpha value is -1.43. The summed E-state index contributed by atoms with van der Waals surface area (Å²) in [5, 5.41) is 11.6. The average Bonchev–Trinajstić information content (AvgIpc) is 2.93. The zero-order valence-electron chi connectivity index (χ0n) is 12.4. The number of aromatic nitrogens is 1. The summed E-state index contributed by atoms with van der Waals surface area (Å²) in [6.07, 6.45) is 4.11. The Morgan fingerprint density at radius 2 is 2.33 bits per heavy atom. The summed E-state index contributed by atoms with van der Waals surface area (Å²) in [5.74, 6) is -0.318. The number of amides is 1. The Morgan fingerprint density at radius 3 is 3.00 bits per heavy atom. The SMILES string of the molecule is CCc1csc(CC(=O)N2CCCC(CCC(=O)O)C2)n1. The molecule has 0 bridgehead atoms. The number of likely N-dealkylation sites (tertiary alicyclic amines) is 1. The Bertz CT molecular complexity index is 501. The van der Waals surface area contributed by atoms with Gasteiger partial charge in [-0.05, 0) is 31.6 Å². The normalized spacial score (nSPS) is 18.7. The molecule has 21 heavy (non-hydrogen) atoms. The van der Waals surface area contributed by atoms with E-state index in [-0.39, 0.29) is 12.3 Å². The molecule has 0 aliphatic carbocycles. The molecule has 5 nitrogen and oxygen atoms in total. The first kappa shape index (κ1) is 15.9. The molecule has 1 amide bonds. The third kappa shape index (κ3) is 4.81. The lowest BCUT2D eigenvalue weighted by molar-refractivity contribution is -0.137. The van der Waals surface area contributed by atoms with Gasteiger partial charge in [0.2, 0.25) is 5.91 Å². The third-order valence-corrected chi connectivity index (χ3v) is 4.80. The molecule has 1 aromatic heterocycles. The molecular weight excluding hydrogens is 288 g/mol. The molecule has 116 valence electrons. The molecule has 1 aromatic rings. The lowest BCUT2D eigenvalue weighted by Crippen LogP contribution is -2.40. The van der Waals surface area contributed by atoms with Gasteiger partial charge in [0.15, 0.2) is 0 Å². The van der Waals surface area contributed by atoms with Crippen LogP contribution in [0.15, 0.2) is 5.38 Å². The number of hydrogen-bond donors (Lipinski definition) is 1. The summed E-state index contributed by atoms with van der Waals surface area (Å²) in [4.78, 5) is 29.3. The fraction of sp³-hybridized carbons (Fsp3) is 0.667. The van der Waals surface area contributed by atoms with Crippen LogP contribution in [-0.4, -0.2) is 40.0 Å². The van der Waals surface area contributed by atoms with E-state index in [0.29, 0.717) is 25.3 Å². The van der Waals surface area contributed by atoms with Crippen molar-refractivity contribution in [2.75, 3.05) is 13.1 Å². The Kier molecular flexibility index (Phi) is 5.73. The van der Waals surface area contributed by atoms with Gasteiger partial charge in [0, 0.05) is 24.9 Å². The number of carboxylic acids is 1. The van der Waals surface area contributed by atoms with Crippen LogP contribution < -0.4 is 0 Å². The van der Waals surface area contributed by atoms with Crippen molar-refractivity contribution in [3.05, 3.63) is 16.1 Å². The van der Waals surface area contributed by atoms with E-state index in [1.807, 2.05) is 10.3 Å². The molecule has 1 N–H and O–H groups in total. The quantitative estimate of drug-likeness (QED) is 0.875. The van der Waals surface area contributed by atoms with E-state index in [9.17, 15) is 9.59 Å². The van der Waals surface area contributed by atoms with Gasteiger partial charge in [0.25, 0.3) is 0 Å². The largest absolute Gasteiger partial charge is 0.481 e. The Labute approximate surface area is 129 Å². The summed E-state index contributed by atoms with van der Waals surface area (Å²) in [6, 6.07) is 0. The summed E-state index contributed by atoms with van der Waals surface area (Å²) in [7, 11) is 0. The number of aryl methyl sites for hydroxylation is 1. The van der Waals surface area contributed by atoms with Crippen molar-refractivity contribution in [2.24, 2.45) is 5.92 Å². The van der Waals surface area contributed by atoms with E-state index < -0.39 is 5.97 Å². The zero-order chi connectivity index (χ0) is 15.2. The molecule has 0 spiro atoms. The monoisotopic (exact) mass is 310 g/mol. The summed E-state index contributed by atoms with van der Waals surface area (Å²) in [5.41, 5.74) is 1.04. The highest BCUT2D eigenvalue weighted by atomic mass is 32.1. The second kappa shape index (κ2) is 7.54. The number of hydrogen-bond acceptors (Lipinski definition) is 4. The highest BCUT2D eigenvalue weighted by Gasteiger charge is 2.24. The highest BCUT2D eigenvalue weighted by molar-refractivity contribution is 7.09. The van der Waals surface area contributed by atoms with Crippen molar-refractivity contribution in [1.82, 2.24) is 9.88 Å². The maximum atomic E-state index is 12.3. The van der Waals surface area contributed by atoms with E-state index in [2.05, 4.69) is 11.9 Å². The summed E-state index contributed by atoms with van der Waals surface area (Å²) in [6.45, 7) is 3.53. The predicted octanol–water partition coefficient (Wildman–Crippen LogP) is 2.35. The topological polar surface area (TPSA) is 70.5 Å². The molecule has 1 unspecified atom stereocenters. The van der Waals surface area contributed by atoms with Gasteiger partial charge in [-0.15, -0.1) is 11.3 Å². The number of thiazole rings is 1. The van der Waals surface area contributed by atoms with Crippen LogP contribution >= 0.6 is 11.3 Å². The Morgan fingerprint density at radius 1 is 1.52 bits per heavy atom. The first-order valence-electron chi connectivity index (χ1n) is 7.51. The van der Waals surface area contributed by atoms with Gasteiger partial charge < -0.3 is 10.0 Å². The van der Waals surface area contributed by atoms with Crippen molar-refractivity contribution in [3.8, 4) is 0 Å². The number of rotatable bonds is 6. The van der Waals surface area contributed by atoms with Crippen LogP contribution in [0.4, 0.5) is 0 Å². The molecule has 2 rings (SSSR count). The van der Waals surface area contributed by atoms with Crippen LogP contribution in [0, 0.1) is 5.92 Å². The lowest BCUT2D eigenvalue weighted by atomic mass is 9.93. The summed E-state index contributed by atoms with van der Waals surface area (Å²) < 4.78 is 0. The zero-order valence-corrected chi connectivity index (χ0v) is 13.2. The fourth-order valence-electron chi connectivity index (χ4n) is 2.69. The molecule has 2 heterocycles. The van der Waals surface area contributed by atoms with Gasteiger partial charge in [-0.3, -0.25) is 9.59 Å². The number of carbonyl (C=O) groups is 2. The number of carboxylic acid groups (broad SMARTS) is 1. The molecule has 1 fully saturated rings. The predicted molar refractivity (Wildman–Crippen MR) is 81.4 cm³/mol. The molecule has 1 saturated heterocycles. The molecule has 0 saturated carbocycles. The van der Waals surface area contributed by atoms with Crippen molar-refractivity contribution in [1.29, 1.82) is 0 Å². The molecule has 0 aromatic carbocycles. The Balaban J connectivity index is 1.85. The van der Waals surface area contributed by atoms with Crippen molar-refractivity contribution in [2.45, 2.75) is 45.4 Å². The van der Waals surface area contributed by atoms with Gasteiger partial charge in [-0.25, -0.2) is 4.98 Å². The van der Waals surface area contributed by atoms with E-state index in [0.717, 1.165) is 36.5 Å². The van der Waals surface area contributed by atoms with Crippen LogP contribution in [0.25, 0.3) is 0 Å². The number of piperidine rings is 1. The van der Waals surface area contributed by atoms with Gasteiger partial charge in [0.1, 0.15) is 5.01 Å². The molecule has 6 heteroatoms. The van der Waals surface area contributed by atoms with Crippen LogP contribution in [0.1, 0.15) is 43.3 Å². The van der Waals surface area contributed by atoms with E-state index in [4.69, 9.17) is 5.11 Å². The maximum Gasteiger partial charge on any atom is 0.303 e. The molecule has 1 aliphatic rings. The van der Waals surface area contributed by atoms with Crippen LogP contribution in [0.2, 0.25) is 0 Å². The second-order valence-electron chi connectivity index (χ2n) is 5.54. The maximum absolute atomic E-state index is 12.3. The van der Waals surface area contributed by atoms with Crippen LogP contribution in [-0.2, 0) is 22.4 Å². The molecule has 1 aliphatic heterocycles. The number of nitrogens with zero attached hydrogens (tertiary/aromatic N) is 2. The number of carbonyl (C=O) groups excluding carboxylic acids is 1. The van der Waals surface area contributed by atoms with Gasteiger partial charge >= 0.3 is 5.97 Å². The minimum Gasteiger partial charge on any atom is -0.481 e. The highest BCUT2D eigenvalue weighted by Crippen LogP contribution is 2.22. The van der Waals surface area contributed by atoms with Gasteiger partial charge in [-0.1, -0.05) is 6.92 Å². The first-order chi connectivity index (χ1) is 10.1. The van der Waals surface area contributed by atoms with E-state index in [1.54, 1.807) is 11.3 Å². The average molecular weight is 310 g/mol. The third-order valence-electron chi connectivity index (χ3n) is 3.90. The van der Waals surface area contributed by atoms with Crippen molar-refractivity contribution >= 4 is 23.2 Å². The molecule has 0 radical (unpaired) electrons. The standard InChI is InChI=1S/C15H22N2O3S/c1-2-12-10-21-13(16-12)8-14(18)17-7-3-4-11(9-17)5-6-15(19)20/h10-11H,2-9H2,1H3,(H,19,20). The first-order valence-corrected chi connectivity index (χ1v) is 8.39. The van der Waals surface area contributed by atoms with E-state index >= 15 is 0 Å². The van der Waals surface area contributed by atoms with E-state index in [1.165, 1.54) is 0 Å².